The van der Waals surface area contributed by atoms with Crippen LogP contribution in [-0.2, 0) is 6.54 Å². The predicted molar refractivity (Wildman–Crippen MR) is 80.6 cm³/mol. The van der Waals surface area contributed by atoms with Crippen molar-refractivity contribution in [2.24, 2.45) is 0 Å². The molecule has 4 heteroatoms. The second-order valence-electron chi connectivity index (χ2n) is 6.14. The van der Waals surface area contributed by atoms with Gasteiger partial charge < -0.3 is 0 Å². The van der Waals surface area contributed by atoms with Gasteiger partial charge in [0.2, 0.25) is 0 Å². The van der Waals surface area contributed by atoms with Crippen molar-refractivity contribution in [3.63, 3.8) is 0 Å². The summed E-state index contributed by atoms with van der Waals surface area (Å²) in [5, 5.41) is 0. The smallest absolute Gasteiger partial charge is 0.131 e. The van der Waals surface area contributed by atoms with E-state index in [0.717, 1.165) is 18.9 Å². The Morgan fingerprint density at radius 3 is 2.67 bits per heavy atom. The van der Waals surface area contributed by atoms with E-state index in [-0.39, 0.29) is 0 Å². The lowest BCUT2D eigenvalue weighted by Gasteiger charge is -2.24. The first-order valence-electron chi connectivity index (χ1n) is 7.85. The molecule has 1 unspecified atom stereocenters. The Labute approximate surface area is 125 Å². The van der Waals surface area contributed by atoms with Gasteiger partial charge in [0.1, 0.15) is 5.82 Å². The number of pyridine rings is 1. The predicted octanol–water partition coefficient (Wildman–Crippen LogP) is 3.09. The number of likely N-dealkylation sites (tertiary alicyclic amines) is 1. The standard InChI is InChI=1S/C17H20N4/c1-3-15(11-18-7-1)16-4-2-8-21(16)12-13-9-19-17(20-10-13)14-5-6-14/h1,3,7,9-11,14,16H,2,4-6,8,12H2. The van der Waals surface area contributed by atoms with E-state index in [4.69, 9.17) is 0 Å². The second-order valence-corrected chi connectivity index (χ2v) is 6.14. The molecular formula is C17H20N4. The van der Waals surface area contributed by atoms with E-state index < -0.39 is 0 Å². The Morgan fingerprint density at radius 2 is 1.95 bits per heavy atom. The van der Waals surface area contributed by atoms with Crippen LogP contribution in [-0.4, -0.2) is 26.4 Å². The molecule has 0 bridgehead atoms. The third-order valence-corrected chi connectivity index (χ3v) is 4.49. The SMILES string of the molecule is c1cncc(C2CCCN2Cc2cnc(C3CC3)nc2)c1. The molecule has 4 rings (SSSR count). The molecule has 0 N–H and O–H groups in total. The van der Waals surface area contributed by atoms with Gasteiger partial charge in [-0.05, 0) is 43.9 Å². The van der Waals surface area contributed by atoms with Crippen LogP contribution in [0.2, 0.25) is 0 Å². The molecule has 21 heavy (non-hydrogen) atoms. The lowest BCUT2D eigenvalue weighted by atomic mass is 10.1. The van der Waals surface area contributed by atoms with E-state index in [1.165, 1.54) is 36.8 Å². The van der Waals surface area contributed by atoms with Crippen LogP contribution in [0.15, 0.2) is 36.9 Å². The first-order valence-corrected chi connectivity index (χ1v) is 7.85. The summed E-state index contributed by atoms with van der Waals surface area (Å²) in [4.78, 5) is 15.8. The Balaban J connectivity index is 1.47. The Hall–Kier alpha value is -1.81. The van der Waals surface area contributed by atoms with E-state index in [0.29, 0.717) is 12.0 Å². The number of nitrogens with zero attached hydrogens (tertiary/aromatic N) is 4. The van der Waals surface area contributed by atoms with Crippen molar-refractivity contribution in [3.8, 4) is 0 Å². The van der Waals surface area contributed by atoms with Gasteiger partial charge in [-0.3, -0.25) is 9.88 Å². The van der Waals surface area contributed by atoms with Crippen LogP contribution in [0.4, 0.5) is 0 Å². The summed E-state index contributed by atoms with van der Waals surface area (Å²) in [5.41, 5.74) is 2.54. The number of hydrogen-bond donors (Lipinski definition) is 0. The molecule has 0 radical (unpaired) electrons. The minimum atomic E-state index is 0.488. The fourth-order valence-electron chi connectivity index (χ4n) is 3.20. The molecule has 2 aromatic heterocycles. The molecule has 4 nitrogen and oxygen atoms in total. The van der Waals surface area contributed by atoms with Crippen molar-refractivity contribution in [1.29, 1.82) is 0 Å². The van der Waals surface area contributed by atoms with Crippen molar-refractivity contribution < 1.29 is 0 Å². The molecule has 0 aromatic carbocycles. The average Bonchev–Trinajstić information content (AvgIpc) is 3.29. The molecule has 0 amide bonds. The van der Waals surface area contributed by atoms with Gasteiger partial charge in [-0.25, -0.2) is 9.97 Å². The van der Waals surface area contributed by atoms with Gasteiger partial charge in [0.25, 0.3) is 0 Å². The highest BCUT2D eigenvalue weighted by Gasteiger charge is 2.28. The summed E-state index contributed by atoms with van der Waals surface area (Å²) in [7, 11) is 0. The molecule has 2 fully saturated rings. The third-order valence-electron chi connectivity index (χ3n) is 4.49. The average molecular weight is 280 g/mol. The van der Waals surface area contributed by atoms with E-state index in [9.17, 15) is 0 Å². The van der Waals surface area contributed by atoms with Gasteiger partial charge in [0, 0.05) is 48.9 Å². The first-order chi connectivity index (χ1) is 10.4. The van der Waals surface area contributed by atoms with E-state index in [1.54, 1.807) is 0 Å². The van der Waals surface area contributed by atoms with Crippen LogP contribution < -0.4 is 0 Å². The fourth-order valence-corrected chi connectivity index (χ4v) is 3.20. The highest BCUT2D eigenvalue weighted by atomic mass is 15.2. The maximum Gasteiger partial charge on any atom is 0.131 e. The second kappa shape index (κ2) is 5.53. The van der Waals surface area contributed by atoms with E-state index >= 15 is 0 Å². The quantitative estimate of drug-likeness (QED) is 0.863. The van der Waals surface area contributed by atoms with Crippen molar-refractivity contribution in [2.75, 3.05) is 6.54 Å². The summed E-state index contributed by atoms with van der Waals surface area (Å²) >= 11 is 0. The molecule has 1 atom stereocenters. The highest BCUT2D eigenvalue weighted by molar-refractivity contribution is 5.17. The van der Waals surface area contributed by atoms with Gasteiger partial charge in [-0.1, -0.05) is 6.07 Å². The summed E-state index contributed by atoms with van der Waals surface area (Å²) in [6, 6.07) is 4.70. The van der Waals surface area contributed by atoms with Crippen molar-refractivity contribution >= 4 is 0 Å². The highest BCUT2D eigenvalue weighted by Crippen LogP contribution is 2.38. The Kier molecular flexibility index (Phi) is 3.39. The van der Waals surface area contributed by atoms with Crippen molar-refractivity contribution in [3.05, 3.63) is 53.9 Å². The van der Waals surface area contributed by atoms with Crippen LogP contribution in [0.3, 0.4) is 0 Å². The van der Waals surface area contributed by atoms with Crippen LogP contribution in [0.5, 0.6) is 0 Å². The van der Waals surface area contributed by atoms with Crippen LogP contribution in [0.1, 0.15) is 54.6 Å². The molecule has 1 saturated carbocycles. The summed E-state index contributed by atoms with van der Waals surface area (Å²) in [6.45, 7) is 2.08. The number of aromatic nitrogens is 3. The number of rotatable bonds is 4. The molecular weight excluding hydrogens is 260 g/mol. The maximum atomic E-state index is 4.53. The van der Waals surface area contributed by atoms with Gasteiger partial charge in [0.15, 0.2) is 0 Å². The zero-order valence-electron chi connectivity index (χ0n) is 12.2. The van der Waals surface area contributed by atoms with E-state index in [1.807, 2.05) is 30.9 Å². The summed E-state index contributed by atoms with van der Waals surface area (Å²) in [6.07, 6.45) is 12.8. The van der Waals surface area contributed by atoms with Crippen molar-refractivity contribution in [2.45, 2.75) is 44.2 Å². The first kappa shape index (κ1) is 12.9. The van der Waals surface area contributed by atoms with Gasteiger partial charge in [0.05, 0.1) is 0 Å². The third kappa shape index (κ3) is 2.81. The lowest BCUT2D eigenvalue weighted by molar-refractivity contribution is 0.247. The zero-order chi connectivity index (χ0) is 14.1. The topological polar surface area (TPSA) is 41.9 Å². The van der Waals surface area contributed by atoms with Gasteiger partial charge in [-0.2, -0.15) is 0 Å². The molecule has 1 saturated heterocycles. The molecule has 1 aliphatic heterocycles. The summed E-state index contributed by atoms with van der Waals surface area (Å²) in [5.74, 6) is 1.66. The monoisotopic (exact) mass is 280 g/mol. The molecule has 3 heterocycles. The molecule has 2 aromatic rings. The summed E-state index contributed by atoms with van der Waals surface area (Å²) < 4.78 is 0. The Morgan fingerprint density at radius 1 is 1.10 bits per heavy atom. The van der Waals surface area contributed by atoms with E-state index in [2.05, 4.69) is 25.9 Å². The maximum absolute atomic E-state index is 4.53. The fraction of sp³-hybridized carbons (Fsp3) is 0.471. The molecule has 1 aliphatic carbocycles. The minimum Gasteiger partial charge on any atom is -0.292 e. The van der Waals surface area contributed by atoms with Crippen LogP contribution >= 0.6 is 0 Å². The van der Waals surface area contributed by atoms with Crippen LogP contribution in [0.25, 0.3) is 0 Å². The minimum absolute atomic E-state index is 0.488. The van der Waals surface area contributed by atoms with Gasteiger partial charge in [-0.15, -0.1) is 0 Å². The number of hydrogen-bond acceptors (Lipinski definition) is 4. The molecule has 2 aliphatic rings. The Bertz CT molecular complexity index is 592. The molecule has 0 spiro atoms. The van der Waals surface area contributed by atoms with Crippen LogP contribution in [0, 0.1) is 0 Å². The largest absolute Gasteiger partial charge is 0.292 e. The van der Waals surface area contributed by atoms with Crippen molar-refractivity contribution in [1.82, 2.24) is 19.9 Å². The normalized spacial score (nSPS) is 22.6. The zero-order valence-corrected chi connectivity index (χ0v) is 12.2. The van der Waals surface area contributed by atoms with Gasteiger partial charge >= 0.3 is 0 Å². The lowest BCUT2D eigenvalue weighted by Crippen LogP contribution is -2.23. The molecule has 108 valence electrons.